The van der Waals surface area contributed by atoms with Crippen molar-refractivity contribution in [3.63, 3.8) is 0 Å². The molecule has 6 nitrogen and oxygen atoms in total. The van der Waals surface area contributed by atoms with Gasteiger partial charge in [0.1, 0.15) is 5.52 Å². The van der Waals surface area contributed by atoms with E-state index in [4.69, 9.17) is 10.2 Å². The molecule has 0 saturated heterocycles. The van der Waals surface area contributed by atoms with Gasteiger partial charge in [-0.2, -0.15) is 0 Å². The molecule has 2 N–H and O–H groups in total. The summed E-state index contributed by atoms with van der Waals surface area (Å²) in [7, 11) is 0. The van der Waals surface area contributed by atoms with E-state index in [2.05, 4.69) is 10.3 Å². The number of aliphatic hydroxyl groups excluding tert-OH is 1. The van der Waals surface area contributed by atoms with Gasteiger partial charge in [0.2, 0.25) is 0 Å². The van der Waals surface area contributed by atoms with Crippen LogP contribution in [0.25, 0.3) is 11.0 Å². The highest BCUT2D eigenvalue weighted by atomic mass is 16.4. The molecule has 6 heteroatoms. The van der Waals surface area contributed by atoms with Gasteiger partial charge in [-0.15, -0.1) is 5.10 Å². The molecule has 0 spiro atoms. The second-order valence-corrected chi connectivity index (χ2v) is 3.92. The Morgan fingerprint density at radius 3 is 2.94 bits per heavy atom. The van der Waals surface area contributed by atoms with Crippen molar-refractivity contribution in [3.8, 4) is 0 Å². The molecule has 1 aromatic heterocycles. The normalized spacial score (nSPS) is 12.8. The van der Waals surface area contributed by atoms with E-state index in [1.54, 1.807) is 29.8 Å². The van der Waals surface area contributed by atoms with Gasteiger partial charge in [0.25, 0.3) is 0 Å². The maximum absolute atomic E-state index is 10.8. The summed E-state index contributed by atoms with van der Waals surface area (Å²) in [6.45, 7) is 1.73. The number of hydrogen-bond donors (Lipinski definition) is 2. The lowest BCUT2D eigenvalue weighted by molar-refractivity contribution is -0.136. The molecule has 0 aliphatic rings. The van der Waals surface area contributed by atoms with E-state index >= 15 is 0 Å². The van der Waals surface area contributed by atoms with Crippen LogP contribution in [0, 0.1) is 0 Å². The number of carboxylic acid groups (broad SMARTS) is 1. The average Bonchev–Trinajstić information content (AvgIpc) is 2.72. The van der Waals surface area contributed by atoms with E-state index < -0.39 is 5.97 Å². The molecular formula is C11H13N3O3. The molecule has 90 valence electrons. The van der Waals surface area contributed by atoms with Crippen LogP contribution in [-0.2, 0) is 11.2 Å². The minimum atomic E-state index is -0.901. The van der Waals surface area contributed by atoms with Gasteiger partial charge in [-0.3, -0.25) is 4.79 Å². The number of fused-ring (bicyclic) bond motifs is 1. The van der Waals surface area contributed by atoms with Crippen LogP contribution in [0.2, 0.25) is 0 Å². The Bertz CT molecular complexity index is 550. The summed E-state index contributed by atoms with van der Waals surface area (Å²) >= 11 is 0. The van der Waals surface area contributed by atoms with Crippen molar-refractivity contribution in [2.45, 2.75) is 19.4 Å². The first-order valence-electron chi connectivity index (χ1n) is 5.29. The van der Waals surface area contributed by atoms with Crippen molar-refractivity contribution in [2.75, 3.05) is 6.61 Å². The van der Waals surface area contributed by atoms with E-state index in [-0.39, 0.29) is 19.1 Å². The fourth-order valence-electron chi connectivity index (χ4n) is 1.76. The van der Waals surface area contributed by atoms with Gasteiger partial charge >= 0.3 is 5.97 Å². The largest absolute Gasteiger partial charge is 0.481 e. The smallest absolute Gasteiger partial charge is 0.307 e. The summed E-state index contributed by atoms with van der Waals surface area (Å²) in [6, 6.07) is 5.03. The Morgan fingerprint density at radius 2 is 2.29 bits per heavy atom. The number of rotatable bonds is 4. The maximum Gasteiger partial charge on any atom is 0.307 e. The minimum Gasteiger partial charge on any atom is -0.481 e. The molecule has 0 radical (unpaired) electrons. The zero-order valence-corrected chi connectivity index (χ0v) is 9.37. The number of carbonyl (C=O) groups is 1. The van der Waals surface area contributed by atoms with Crippen LogP contribution in [-0.4, -0.2) is 37.8 Å². The Hall–Kier alpha value is -1.95. The summed E-state index contributed by atoms with van der Waals surface area (Å²) < 4.78 is 1.56. The number of carboxylic acids is 1. The van der Waals surface area contributed by atoms with E-state index in [0.717, 1.165) is 0 Å². The van der Waals surface area contributed by atoms with Gasteiger partial charge in [0, 0.05) is 0 Å². The van der Waals surface area contributed by atoms with Crippen LogP contribution in [0.1, 0.15) is 18.5 Å². The monoisotopic (exact) mass is 235 g/mol. The van der Waals surface area contributed by atoms with Gasteiger partial charge in [-0.25, -0.2) is 4.68 Å². The predicted octanol–water partition coefficient (Wildman–Crippen LogP) is 0.612. The Labute approximate surface area is 97.5 Å². The van der Waals surface area contributed by atoms with Crippen molar-refractivity contribution in [3.05, 3.63) is 23.8 Å². The third-order valence-electron chi connectivity index (χ3n) is 2.60. The summed E-state index contributed by atoms with van der Waals surface area (Å²) in [4.78, 5) is 10.8. The highest BCUT2D eigenvalue weighted by Crippen LogP contribution is 2.20. The molecule has 2 rings (SSSR count). The molecule has 2 aromatic rings. The molecule has 0 aliphatic heterocycles. The van der Waals surface area contributed by atoms with Gasteiger partial charge in [0.05, 0.1) is 24.6 Å². The lowest BCUT2D eigenvalue weighted by atomic mass is 10.1. The molecule has 0 bridgehead atoms. The van der Waals surface area contributed by atoms with Crippen molar-refractivity contribution in [2.24, 2.45) is 0 Å². The standard InChI is InChI=1S/C11H13N3O3/c1-7(6-15)14-11-8(5-10(16)17)3-2-4-9(11)12-13-14/h2-4,7,15H,5-6H2,1H3,(H,16,17). The lowest BCUT2D eigenvalue weighted by Crippen LogP contribution is -2.12. The summed E-state index contributed by atoms with van der Waals surface area (Å²) in [5.74, 6) is -0.901. The zero-order chi connectivity index (χ0) is 12.4. The van der Waals surface area contributed by atoms with Gasteiger partial charge in [-0.1, -0.05) is 17.3 Å². The molecule has 1 atom stereocenters. The number of aliphatic hydroxyl groups is 1. The maximum atomic E-state index is 10.8. The number of nitrogens with zero attached hydrogens (tertiary/aromatic N) is 3. The highest BCUT2D eigenvalue weighted by molar-refractivity contribution is 5.83. The van der Waals surface area contributed by atoms with Crippen molar-refractivity contribution >= 4 is 17.0 Å². The number of aliphatic carboxylic acids is 1. The molecule has 0 aliphatic carbocycles. The Morgan fingerprint density at radius 1 is 1.53 bits per heavy atom. The first-order chi connectivity index (χ1) is 8.13. The third kappa shape index (κ3) is 2.12. The van der Waals surface area contributed by atoms with Crippen LogP contribution in [0.4, 0.5) is 0 Å². The van der Waals surface area contributed by atoms with Crippen LogP contribution >= 0.6 is 0 Å². The summed E-state index contributed by atoms with van der Waals surface area (Å²) in [6.07, 6.45) is -0.0805. The van der Waals surface area contributed by atoms with Crippen LogP contribution in [0.15, 0.2) is 18.2 Å². The van der Waals surface area contributed by atoms with Crippen LogP contribution in [0.3, 0.4) is 0 Å². The van der Waals surface area contributed by atoms with Gasteiger partial charge in [-0.05, 0) is 18.6 Å². The second-order valence-electron chi connectivity index (χ2n) is 3.92. The second kappa shape index (κ2) is 4.50. The van der Waals surface area contributed by atoms with Crippen LogP contribution < -0.4 is 0 Å². The Kier molecular flexibility index (Phi) is 3.06. The third-order valence-corrected chi connectivity index (χ3v) is 2.60. The zero-order valence-electron chi connectivity index (χ0n) is 9.37. The number of para-hydroxylation sites is 1. The van der Waals surface area contributed by atoms with E-state index in [1.165, 1.54) is 0 Å². The van der Waals surface area contributed by atoms with E-state index in [1.807, 2.05) is 0 Å². The fraction of sp³-hybridized carbons (Fsp3) is 0.364. The van der Waals surface area contributed by atoms with Crippen molar-refractivity contribution in [1.29, 1.82) is 0 Å². The fourth-order valence-corrected chi connectivity index (χ4v) is 1.76. The molecule has 0 amide bonds. The Balaban J connectivity index is 2.59. The molecular weight excluding hydrogens is 222 g/mol. The minimum absolute atomic E-state index is 0.0696. The molecule has 1 unspecified atom stereocenters. The number of hydrogen-bond acceptors (Lipinski definition) is 4. The molecule has 17 heavy (non-hydrogen) atoms. The van der Waals surface area contributed by atoms with Crippen LogP contribution in [0.5, 0.6) is 0 Å². The van der Waals surface area contributed by atoms with Crippen molar-refractivity contribution < 1.29 is 15.0 Å². The number of aromatic nitrogens is 3. The average molecular weight is 235 g/mol. The molecule has 0 fully saturated rings. The summed E-state index contributed by atoms with van der Waals surface area (Å²) in [5.41, 5.74) is 1.97. The highest BCUT2D eigenvalue weighted by Gasteiger charge is 2.15. The molecule has 1 aromatic carbocycles. The van der Waals surface area contributed by atoms with E-state index in [9.17, 15) is 4.79 Å². The summed E-state index contributed by atoms with van der Waals surface area (Å²) in [5, 5.41) is 25.9. The van der Waals surface area contributed by atoms with Crippen molar-refractivity contribution in [1.82, 2.24) is 15.0 Å². The lowest BCUT2D eigenvalue weighted by Gasteiger charge is -2.10. The van der Waals surface area contributed by atoms with Gasteiger partial charge < -0.3 is 10.2 Å². The first kappa shape index (κ1) is 11.5. The topological polar surface area (TPSA) is 88.2 Å². The van der Waals surface area contributed by atoms with E-state index in [0.29, 0.717) is 16.6 Å². The number of benzene rings is 1. The predicted molar refractivity (Wildman–Crippen MR) is 60.7 cm³/mol. The first-order valence-corrected chi connectivity index (χ1v) is 5.29. The quantitative estimate of drug-likeness (QED) is 0.810. The molecule has 0 saturated carbocycles. The molecule has 1 heterocycles. The SMILES string of the molecule is CC(CO)n1nnc2cccc(CC(=O)O)c21. The van der Waals surface area contributed by atoms with Gasteiger partial charge in [0.15, 0.2) is 0 Å².